The van der Waals surface area contributed by atoms with Gasteiger partial charge in [-0.3, -0.25) is 19.2 Å². The molecule has 1 saturated carbocycles. The highest BCUT2D eigenvalue weighted by Crippen LogP contribution is 2.55. The molecule has 0 bridgehead atoms. The van der Waals surface area contributed by atoms with E-state index >= 15 is 0 Å². The number of benzene rings is 3. The summed E-state index contributed by atoms with van der Waals surface area (Å²) in [4.78, 5) is 61.0. The van der Waals surface area contributed by atoms with E-state index in [2.05, 4.69) is 60.0 Å². The van der Waals surface area contributed by atoms with E-state index in [4.69, 9.17) is 21.1 Å². The van der Waals surface area contributed by atoms with Crippen LogP contribution in [0.2, 0.25) is 5.02 Å². The molecule has 2 heterocycles. The first-order valence-electron chi connectivity index (χ1n) is 22.8. The van der Waals surface area contributed by atoms with Gasteiger partial charge in [-0.05, 0) is 79.6 Å². The number of thiazole rings is 1. The van der Waals surface area contributed by atoms with Crippen LogP contribution in [-0.4, -0.2) is 95.3 Å². The van der Waals surface area contributed by atoms with Gasteiger partial charge in [0.1, 0.15) is 36.6 Å². The second-order valence-corrected chi connectivity index (χ2v) is 21.2. The Morgan fingerprint density at radius 2 is 1.69 bits per heavy atom. The van der Waals surface area contributed by atoms with Crippen molar-refractivity contribution < 1.29 is 33.8 Å². The lowest BCUT2D eigenvalue weighted by molar-refractivity contribution is -0.164. The fourth-order valence-electron chi connectivity index (χ4n) is 9.49. The number of unbranched alkanes of at least 4 members (excludes halogenated alkanes) is 1. The maximum atomic E-state index is 14.1. The number of aryl methyl sites for hydroxylation is 1. The number of ether oxygens (including phenoxy) is 2. The van der Waals surface area contributed by atoms with E-state index in [0.29, 0.717) is 41.5 Å². The zero-order valence-electron chi connectivity index (χ0n) is 39.9. The molecule has 4 aromatic rings. The third kappa shape index (κ3) is 12.0. The molecule has 358 valence electrons. The van der Waals surface area contributed by atoms with Crippen LogP contribution in [0.4, 0.5) is 5.69 Å². The highest BCUT2D eigenvalue weighted by Gasteiger charge is 2.64. The lowest BCUT2D eigenvalue weighted by atomic mass is 9.49. The largest absolute Gasteiger partial charge is 0.489 e. The lowest BCUT2D eigenvalue weighted by Crippen LogP contribution is -2.74. The molecule has 14 nitrogen and oxygen atoms in total. The first-order chi connectivity index (χ1) is 31.6. The molecule has 2 aliphatic rings. The van der Waals surface area contributed by atoms with Gasteiger partial charge < -0.3 is 40.7 Å². The van der Waals surface area contributed by atoms with Crippen molar-refractivity contribution in [2.24, 2.45) is 16.2 Å². The number of nitrogens with one attached hydrogen (secondary N) is 4. The lowest BCUT2D eigenvalue weighted by Gasteiger charge is -2.63. The summed E-state index contributed by atoms with van der Waals surface area (Å²) in [5.74, 6) is -0.861. The number of likely N-dealkylation sites (tertiary alicyclic amines) is 1. The van der Waals surface area contributed by atoms with Crippen LogP contribution in [0.5, 0.6) is 5.75 Å². The number of aliphatic hydroxyl groups is 1. The third-order valence-corrected chi connectivity index (χ3v) is 14.2. The molecule has 4 amide bonds. The molecule has 67 heavy (non-hydrogen) atoms. The Hall–Kier alpha value is -5.53. The van der Waals surface area contributed by atoms with E-state index in [-0.39, 0.29) is 60.4 Å². The van der Waals surface area contributed by atoms with Crippen LogP contribution < -0.4 is 26.0 Å². The van der Waals surface area contributed by atoms with Gasteiger partial charge in [0.25, 0.3) is 5.91 Å². The Kier molecular flexibility index (Phi) is 16.1. The highest BCUT2D eigenvalue weighted by molar-refractivity contribution is 7.13. The number of anilines is 1. The summed E-state index contributed by atoms with van der Waals surface area (Å²) in [5.41, 5.74) is 5.03. The second-order valence-electron chi connectivity index (χ2n) is 19.9. The average molecular weight is 955 g/mol. The number of aliphatic hydroxyl groups excluding tert-OH is 1. The Morgan fingerprint density at radius 3 is 2.30 bits per heavy atom. The van der Waals surface area contributed by atoms with E-state index in [1.807, 2.05) is 76.5 Å². The highest BCUT2D eigenvalue weighted by atomic mass is 35.5. The number of nitrogens with zero attached hydrogens (tertiary/aromatic N) is 3. The molecule has 1 aliphatic heterocycles. The van der Waals surface area contributed by atoms with Crippen molar-refractivity contribution in [1.29, 1.82) is 5.26 Å². The van der Waals surface area contributed by atoms with Crippen LogP contribution in [0, 0.1) is 34.5 Å². The minimum absolute atomic E-state index is 0.0187. The maximum absolute atomic E-state index is 14.1. The fraction of sp³-hybridized carbons (Fsp3) is 0.490. The predicted molar refractivity (Wildman–Crippen MR) is 261 cm³/mol. The van der Waals surface area contributed by atoms with E-state index in [1.165, 1.54) is 4.90 Å². The van der Waals surface area contributed by atoms with Gasteiger partial charge in [0.2, 0.25) is 17.7 Å². The van der Waals surface area contributed by atoms with E-state index in [1.54, 1.807) is 41.7 Å². The van der Waals surface area contributed by atoms with E-state index < -0.39 is 35.4 Å². The molecule has 1 aromatic heterocycles. The fourth-order valence-corrected chi connectivity index (χ4v) is 10.5. The van der Waals surface area contributed by atoms with E-state index in [0.717, 1.165) is 33.8 Å². The molecule has 3 aromatic carbocycles. The van der Waals surface area contributed by atoms with Gasteiger partial charge in [0.15, 0.2) is 0 Å². The molecule has 1 saturated heterocycles. The Bertz CT molecular complexity index is 2430. The number of rotatable bonds is 18. The first-order valence-corrected chi connectivity index (χ1v) is 24.0. The molecule has 16 heteroatoms. The van der Waals surface area contributed by atoms with Crippen molar-refractivity contribution in [2.45, 2.75) is 118 Å². The van der Waals surface area contributed by atoms with Gasteiger partial charge >= 0.3 is 0 Å². The summed E-state index contributed by atoms with van der Waals surface area (Å²) < 4.78 is 12.0. The van der Waals surface area contributed by atoms with Crippen molar-refractivity contribution in [2.75, 3.05) is 31.6 Å². The summed E-state index contributed by atoms with van der Waals surface area (Å²) in [7, 11) is 0. The van der Waals surface area contributed by atoms with Crippen LogP contribution in [-0.2, 0) is 19.1 Å². The summed E-state index contributed by atoms with van der Waals surface area (Å²) >= 11 is 7.81. The Labute approximate surface area is 403 Å². The smallest absolute Gasteiger partial charge is 0.251 e. The normalized spacial score (nSPS) is 20.4. The maximum Gasteiger partial charge on any atom is 0.251 e. The summed E-state index contributed by atoms with van der Waals surface area (Å²) in [6.45, 7) is 18.3. The number of aromatic nitrogens is 1. The minimum Gasteiger partial charge on any atom is -0.489 e. The third-order valence-electron chi connectivity index (χ3n) is 12.9. The van der Waals surface area contributed by atoms with Crippen molar-refractivity contribution >= 4 is 52.3 Å². The number of amides is 4. The average Bonchev–Trinajstić information content (AvgIpc) is 3.90. The second kappa shape index (κ2) is 21.2. The summed E-state index contributed by atoms with van der Waals surface area (Å²) in [5, 5.41) is 32.6. The quantitative estimate of drug-likeness (QED) is 0.0614. The van der Waals surface area contributed by atoms with Crippen LogP contribution in [0.15, 0.2) is 72.2 Å². The Morgan fingerprint density at radius 1 is 1.00 bits per heavy atom. The molecule has 0 radical (unpaired) electrons. The van der Waals surface area contributed by atoms with Crippen LogP contribution in [0.25, 0.3) is 10.4 Å². The van der Waals surface area contributed by atoms with Crippen LogP contribution in [0.3, 0.4) is 0 Å². The standard InChI is InChI=1S/C51H64ClN7O7S/c1-30(32-12-14-33(15-13-32)42-31(2)55-29-67-42)56-45(63)40-24-37(60)27-59(40)46(64)43(49(3,4)5)57-41(61)28-65-23-11-10-22-54-36-19-16-34(17-20-36)44(62)58-47-50(6,7)48(51(47,8)9)66-38-21-18-35(26-53)39(52)25-38/h12-21,25,29-30,37,40,43,47-48,54,60H,10-11,22-24,27-28H2,1-9H3,(H,56,63)(H,57,61)(H,58,62)/t30-,37+,40-,43+,47?,48?/m0/s1. The number of halogens is 1. The molecule has 5 N–H and O–H groups in total. The zero-order valence-corrected chi connectivity index (χ0v) is 41.4. The predicted octanol–water partition coefficient (Wildman–Crippen LogP) is 7.83. The van der Waals surface area contributed by atoms with Crippen molar-refractivity contribution in [1.82, 2.24) is 25.8 Å². The Balaban J connectivity index is 0.906. The molecular weight excluding hydrogens is 890 g/mol. The van der Waals surface area contributed by atoms with E-state index in [9.17, 15) is 29.5 Å². The molecule has 0 spiro atoms. The summed E-state index contributed by atoms with van der Waals surface area (Å²) in [6, 6.07) is 19.9. The number of carbonyl (C=O) groups excluding carboxylic acids is 4. The monoisotopic (exact) mass is 953 g/mol. The molecule has 1 aliphatic carbocycles. The topological polar surface area (TPSA) is 195 Å². The SMILES string of the molecule is Cc1ncsc1-c1ccc([C@H](C)NC(=O)[C@@H]2C[C@@H](O)CN2C(=O)[C@@H](NC(=O)COCCCCNc2ccc(C(=O)NC3C(C)(C)C(Oc4ccc(C#N)c(Cl)c4)C3(C)C)cc2)C(C)(C)C)cc1. The van der Waals surface area contributed by atoms with Crippen molar-refractivity contribution in [3.8, 4) is 22.3 Å². The number of hydrogen-bond donors (Lipinski definition) is 5. The molecule has 6 rings (SSSR count). The van der Waals surface area contributed by atoms with Crippen molar-refractivity contribution in [3.05, 3.63) is 99.6 Å². The number of carbonyl (C=O) groups is 4. The molecular formula is C51H64ClN7O7S. The molecule has 2 fully saturated rings. The minimum atomic E-state index is -0.962. The number of hydrogen-bond acceptors (Lipinski definition) is 11. The van der Waals surface area contributed by atoms with Gasteiger partial charge in [-0.25, -0.2) is 4.98 Å². The van der Waals surface area contributed by atoms with Crippen LogP contribution in [0.1, 0.15) is 108 Å². The number of β-amino-alcohol motifs (C(OH)–C–C–N with tert-alkyl or cyclic N) is 1. The van der Waals surface area contributed by atoms with Gasteiger partial charge in [-0.2, -0.15) is 5.26 Å². The zero-order chi connectivity index (χ0) is 48.8. The van der Waals surface area contributed by atoms with Gasteiger partial charge in [0.05, 0.1) is 38.8 Å². The van der Waals surface area contributed by atoms with Gasteiger partial charge in [-0.1, -0.05) is 84.3 Å². The van der Waals surface area contributed by atoms with Gasteiger partial charge in [-0.15, -0.1) is 11.3 Å². The van der Waals surface area contributed by atoms with Crippen LogP contribution >= 0.6 is 22.9 Å². The summed E-state index contributed by atoms with van der Waals surface area (Å²) in [6.07, 6.45) is 0.436. The van der Waals surface area contributed by atoms with Crippen molar-refractivity contribution in [3.63, 3.8) is 0 Å². The van der Waals surface area contributed by atoms with Gasteiger partial charge in [0, 0.05) is 60.3 Å². The first kappa shape index (κ1) is 50.9. The molecule has 4 atom stereocenters. The number of nitriles is 1. The molecule has 0 unspecified atom stereocenters.